The van der Waals surface area contributed by atoms with Gasteiger partial charge in [0, 0.05) is 15.5 Å². The Bertz CT molecular complexity index is 370. The fourth-order valence-corrected chi connectivity index (χ4v) is 2.15. The normalized spacial score (nSPS) is 12.3. The largest absolute Gasteiger partial charge is 0.469 e. The monoisotopic (exact) mass is 291 g/mol. The van der Waals surface area contributed by atoms with Gasteiger partial charge in [-0.05, 0) is 17.7 Å². The summed E-state index contributed by atoms with van der Waals surface area (Å²) in [7, 11) is 1.34. The zero-order chi connectivity index (χ0) is 11.4. The highest BCUT2D eigenvalue weighted by molar-refractivity contribution is 9.10. The maximum absolute atomic E-state index is 11.0. The summed E-state index contributed by atoms with van der Waals surface area (Å²) in [5, 5.41) is 0.621. The smallest absolute Gasteiger partial charge is 0.307 e. The molecular weight excluding hydrogens is 281 g/mol. The molecule has 82 valence electrons. The Kier molecular flexibility index (Phi) is 4.57. The number of nitrogens with two attached hydrogens (primary N) is 1. The lowest BCUT2D eigenvalue weighted by molar-refractivity contribution is -0.141. The quantitative estimate of drug-likeness (QED) is 0.871. The summed E-state index contributed by atoms with van der Waals surface area (Å²) in [6.45, 7) is 0. The van der Waals surface area contributed by atoms with E-state index in [0.717, 1.165) is 10.0 Å². The van der Waals surface area contributed by atoms with E-state index in [0.29, 0.717) is 5.02 Å². The Hall–Kier alpha value is -0.580. The zero-order valence-corrected chi connectivity index (χ0v) is 10.5. The second-order valence-electron chi connectivity index (χ2n) is 3.05. The number of hydrogen-bond acceptors (Lipinski definition) is 3. The summed E-state index contributed by atoms with van der Waals surface area (Å²) in [5.74, 6) is -0.329. The fraction of sp³-hybridized carbons (Fsp3) is 0.300. The molecule has 15 heavy (non-hydrogen) atoms. The van der Waals surface area contributed by atoms with Crippen LogP contribution in [0.2, 0.25) is 5.02 Å². The van der Waals surface area contributed by atoms with Gasteiger partial charge < -0.3 is 10.5 Å². The first kappa shape index (κ1) is 12.5. The van der Waals surface area contributed by atoms with Gasteiger partial charge in [-0.15, -0.1) is 0 Å². The molecule has 5 heteroatoms. The van der Waals surface area contributed by atoms with Crippen molar-refractivity contribution in [3.05, 3.63) is 33.3 Å². The van der Waals surface area contributed by atoms with Crippen molar-refractivity contribution in [3.63, 3.8) is 0 Å². The molecule has 0 radical (unpaired) electrons. The average Bonchev–Trinajstić information content (AvgIpc) is 2.17. The van der Waals surface area contributed by atoms with Gasteiger partial charge in [0.2, 0.25) is 0 Å². The number of halogens is 2. The Morgan fingerprint density at radius 2 is 2.33 bits per heavy atom. The van der Waals surface area contributed by atoms with Crippen molar-refractivity contribution < 1.29 is 9.53 Å². The standard InChI is InChI=1S/C10H11BrClNO2/c1-15-10(14)5-9(13)7-3-2-6(12)4-8(7)11/h2-4,9H,5,13H2,1H3/t9-/m1/s1. The van der Waals surface area contributed by atoms with Crippen molar-refractivity contribution in [2.45, 2.75) is 12.5 Å². The zero-order valence-electron chi connectivity index (χ0n) is 8.17. The van der Waals surface area contributed by atoms with Gasteiger partial charge in [0.05, 0.1) is 13.5 Å². The van der Waals surface area contributed by atoms with Gasteiger partial charge in [-0.3, -0.25) is 4.79 Å². The van der Waals surface area contributed by atoms with Gasteiger partial charge >= 0.3 is 5.97 Å². The van der Waals surface area contributed by atoms with Crippen LogP contribution in [0.3, 0.4) is 0 Å². The molecule has 0 aliphatic rings. The van der Waals surface area contributed by atoms with Gasteiger partial charge in [0.25, 0.3) is 0 Å². The Morgan fingerprint density at radius 1 is 1.67 bits per heavy atom. The predicted octanol–water partition coefficient (Wildman–Crippen LogP) is 2.67. The molecule has 0 heterocycles. The third kappa shape index (κ3) is 3.48. The molecule has 0 saturated heterocycles. The van der Waals surface area contributed by atoms with E-state index < -0.39 is 0 Å². The molecule has 1 atom stereocenters. The van der Waals surface area contributed by atoms with Gasteiger partial charge in [0.15, 0.2) is 0 Å². The van der Waals surface area contributed by atoms with Gasteiger partial charge in [-0.25, -0.2) is 0 Å². The lowest BCUT2D eigenvalue weighted by Crippen LogP contribution is -2.16. The summed E-state index contributed by atoms with van der Waals surface area (Å²) in [6.07, 6.45) is 0.150. The van der Waals surface area contributed by atoms with Gasteiger partial charge in [0.1, 0.15) is 0 Å². The number of benzene rings is 1. The third-order valence-electron chi connectivity index (χ3n) is 1.98. The van der Waals surface area contributed by atoms with E-state index in [4.69, 9.17) is 17.3 Å². The van der Waals surface area contributed by atoms with Crippen LogP contribution < -0.4 is 5.73 Å². The van der Waals surface area contributed by atoms with Crippen LogP contribution in [-0.4, -0.2) is 13.1 Å². The number of ether oxygens (including phenoxy) is 1. The van der Waals surface area contributed by atoms with E-state index in [9.17, 15) is 4.79 Å². The van der Waals surface area contributed by atoms with Crippen molar-refractivity contribution in [2.75, 3.05) is 7.11 Å². The van der Waals surface area contributed by atoms with Gasteiger partial charge in [-0.2, -0.15) is 0 Å². The summed E-state index contributed by atoms with van der Waals surface area (Å²) in [5.41, 5.74) is 6.69. The van der Waals surface area contributed by atoms with E-state index in [-0.39, 0.29) is 18.4 Å². The minimum absolute atomic E-state index is 0.150. The van der Waals surface area contributed by atoms with Crippen molar-refractivity contribution in [1.82, 2.24) is 0 Å². The minimum Gasteiger partial charge on any atom is -0.469 e. The molecule has 1 rings (SSSR count). The van der Waals surface area contributed by atoms with Crippen LogP contribution in [0, 0.1) is 0 Å². The second kappa shape index (κ2) is 5.49. The molecule has 0 unspecified atom stereocenters. The summed E-state index contributed by atoms with van der Waals surface area (Å²) < 4.78 is 5.34. The molecule has 0 fully saturated rings. The predicted molar refractivity (Wildman–Crippen MR) is 62.7 cm³/mol. The first-order valence-electron chi connectivity index (χ1n) is 4.32. The number of carbonyl (C=O) groups is 1. The second-order valence-corrected chi connectivity index (χ2v) is 4.34. The molecule has 0 saturated carbocycles. The summed E-state index contributed by atoms with van der Waals surface area (Å²) in [4.78, 5) is 11.0. The first-order valence-corrected chi connectivity index (χ1v) is 5.49. The Morgan fingerprint density at radius 3 is 2.87 bits per heavy atom. The maximum atomic E-state index is 11.0. The molecule has 0 amide bonds. The molecular formula is C10H11BrClNO2. The summed E-state index contributed by atoms with van der Waals surface area (Å²) in [6, 6.07) is 4.89. The summed E-state index contributed by atoms with van der Waals surface area (Å²) >= 11 is 9.14. The number of methoxy groups -OCH3 is 1. The molecule has 0 aliphatic heterocycles. The topological polar surface area (TPSA) is 52.3 Å². The average molecular weight is 293 g/mol. The van der Waals surface area contributed by atoms with E-state index in [1.54, 1.807) is 18.2 Å². The highest BCUT2D eigenvalue weighted by atomic mass is 79.9. The van der Waals surface area contributed by atoms with Crippen LogP contribution in [0.15, 0.2) is 22.7 Å². The first-order chi connectivity index (χ1) is 7.04. The number of hydrogen-bond donors (Lipinski definition) is 1. The number of esters is 1. The molecule has 0 aromatic heterocycles. The highest BCUT2D eigenvalue weighted by Gasteiger charge is 2.14. The Balaban J connectivity index is 2.82. The van der Waals surface area contributed by atoms with Gasteiger partial charge in [-0.1, -0.05) is 33.6 Å². The SMILES string of the molecule is COC(=O)C[C@@H](N)c1ccc(Cl)cc1Br. The number of rotatable bonds is 3. The van der Waals surface area contributed by atoms with Crippen molar-refractivity contribution in [3.8, 4) is 0 Å². The third-order valence-corrected chi connectivity index (χ3v) is 2.90. The fourth-order valence-electron chi connectivity index (χ4n) is 1.18. The van der Waals surface area contributed by atoms with Crippen molar-refractivity contribution in [2.24, 2.45) is 5.73 Å². The number of carbonyl (C=O) groups excluding carboxylic acids is 1. The Labute approximate surface area is 102 Å². The van der Waals surface area contributed by atoms with Crippen LogP contribution >= 0.6 is 27.5 Å². The van der Waals surface area contributed by atoms with E-state index in [1.807, 2.05) is 0 Å². The minimum atomic E-state index is -0.385. The van der Waals surface area contributed by atoms with E-state index >= 15 is 0 Å². The van der Waals surface area contributed by atoms with Crippen LogP contribution in [0.1, 0.15) is 18.0 Å². The molecule has 0 spiro atoms. The maximum Gasteiger partial charge on any atom is 0.307 e. The molecule has 3 nitrogen and oxygen atoms in total. The molecule has 1 aromatic rings. The van der Waals surface area contributed by atoms with Crippen LogP contribution in [0.25, 0.3) is 0 Å². The highest BCUT2D eigenvalue weighted by Crippen LogP contribution is 2.27. The lowest BCUT2D eigenvalue weighted by Gasteiger charge is -2.12. The molecule has 2 N–H and O–H groups in total. The van der Waals surface area contributed by atoms with Crippen molar-refractivity contribution in [1.29, 1.82) is 0 Å². The lowest BCUT2D eigenvalue weighted by atomic mass is 10.1. The van der Waals surface area contributed by atoms with Crippen LogP contribution in [0.5, 0.6) is 0 Å². The van der Waals surface area contributed by atoms with Crippen molar-refractivity contribution >= 4 is 33.5 Å². The molecule has 1 aromatic carbocycles. The van der Waals surface area contributed by atoms with E-state index in [2.05, 4.69) is 20.7 Å². The molecule has 0 bridgehead atoms. The van der Waals surface area contributed by atoms with E-state index in [1.165, 1.54) is 7.11 Å². The van der Waals surface area contributed by atoms with Crippen LogP contribution in [0.4, 0.5) is 0 Å². The molecule has 0 aliphatic carbocycles. The van der Waals surface area contributed by atoms with Crippen LogP contribution in [-0.2, 0) is 9.53 Å².